The van der Waals surface area contributed by atoms with Crippen LogP contribution in [0.2, 0.25) is 0 Å². The van der Waals surface area contributed by atoms with E-state index in [-0.39, 0.29) is 23.6 Å². The zero-order valence-electron chi connectivity index (χ0n) is 18.5. The molecular weight excluding hydrogens is 424 g/mol. The van der Waals surface area contributed by atoms with Gasteiger partial charge >= 0.3 is 0 Å². The Labute approximate surface area is 193 Å². The van der Waals surface area contributed by atoms with Crippen LogP contribution >= 0.6 is 11.3 Å². The standard InChI is InChI=1S/C24H30N4O3S/c1-18-4-6-20(7-5-18)25-22(29)17-26-12-14-28(15-13-26)23(30)19-8-10-27(11-9-19)24(31)21-3-2-16-32-21/h2-7,16,19H,8-15,17H2,1H3,(H,25,29). The maximum absolute atomic E-state index is 13.0. The molecular formula is C24H30N4O3S. The minimum atomic E-state index is -0.0311. The monoisotopic (exact) mass is 454 g/mol. The number of amides is 3. The number of rotatable bonds is 5. The number of carbonyl (C=O) groups excluding carboxylic acids is 3. The van der Waals surface area contributed by atoms with E-state index in [4.69, 9.17) is 0 Å². The predicted molar refractivity (Wildman–Crippen MR) is 126 cm³/mol. The highest BCUT2D eigenvalue weighted by atomic mass is 32.1. The fourth-order valence-corrected chi connectivity index (χ4v) is 5.00. The molecule has 2 aliphatic heterocycles. The van der Waals surface area contributed by atoms with E-state index in [1.54, 1.807) is 0 Å². The first-order chi connectivity index (χ1) is 15.5. The van der Waals surface area contributed by atoms with Crippen molar-refractivity contribution >= 4 is 34.7 Å². The van der Waals surface area contributed by atoms with Crippen LogP contribution in [0.25, 0.3) is 0 Å². The average molecular weight is 455 g/mol. The molecule has 2 aliphatic rings. The van der Waals surface area contributed by atoms with Crippen molar-refractivity contribution in [2.75, 3.05) is 51.1 Å². The lowest BCUT2D eigenvalue weighted by Gasteiger charge is -2.38. The fourth-order valence-electron chi connectivity index (χ4n) is 4.31. The Kier molecular flexibility index (Phi) is 7.22. The Morgan fingerprint density at radius 3 is 2.25 bits per heavy atom. The van der Waals surface area contributed by atoms with Crippen molar-refractivity contribution in [2.45, 2.75) is 19.8 Å². The summed E-state index contributed by atoms with van der Waals surface area (Å²) in [4.78, 5) is 44.5. The zero-order valence-corrected chi connectivity index (χ0v) is 19.3. The van der Waals surface area contributed by atoms with Crippen LogP contribution in [-0.4, -0.2) is 78.2 Å². The molecule has 3 heterocycles. The summed E-state index contributed by atoms with van der Waals surface area (Å²) in [6, 6.07) is 11.5. The van der Waals surface area contributed by atoms with E-state index in [0.29, 0.717) is 45.8 Å². The normalized spacial score (nSPS) is 17.9. The second-order valence-electron chi connectivity index (χ2n) is 8.56. The van der Waals surface area contributed by atoms with Crippen LogP contribution in [-0.2, 0) is 9.59 Å². The minimum Gasteiger partial charge on any atom is -0.340 e. The molecule has 0 bridgehead atoms. The van der Waals surface area contributed by atoms with E-state index in [1.807, 2.05) is 58.5 Å². The molecule has 32 heavy (non-hydrogen) atoms. The van der Waals surface area contributed by atoms with Gasteiger partial charge in [-0.2, -0.15) is 0 Å². The molecule has 2 saturated heterocycles. The van der Waals surface area contributed by atoms with Crippen LogP contribution in [0.4, 0.5) is 5.69 Å². The van der Waals surface area contributed by atoms with Gasteiger partial charge < -0.3 is 15.1 Å². The van der Waals surface area contributed by atoms with Gasteiger partial charge in [-0.15, -0.1) is 11.3 Å². The number of benzene rings is 1. The number of piperidine rings is 1. The number of thiophene rings is 1. The number of nitrogens with one attached hydrogen (secondary N) is 1. The van der Waals surface area contributed by atoms with Gasteiger partial charge in [-0.3, -0.25) is 19.3 Å². The molecule has 0 unspecified atom stereocenters. The second-order valence-corrected chi connectivity index (χ2v) is 9.51. The molecule has 0 atom stereocenters. The summed E-state index contributed by atoms with van der Waals surface area (Å²) in [5, 5.41) is 4.84. The number of nitrogens with zero attached hydrogens (tertiary/aromatic N) is 3. The number of likely N-dealkylation sites (tertiary alicyclic amines) is 1. The molecule has 1 aromatic carbocycles. The first-order valence-electron chi connectivity index (χ1n) is 11.2. The number of aryl methyl sites for hydroxylation is 1. The van der Waals surface area contributed by atoms with Crippen LogP contribution in [0.15, 0.2) is 41.8 Å². The van der Waals surface area contributed by atoms with Gasteiger partial charge in [-0.1, -0.05) is 23.8 Å². The van der Waals surface area contributed by atoms with Gasteiger partial charge in [0.05, 0.1) is 11.4 Å². The number of hydrogen-bond donors (Lipinski definition) is 1. The lowest BCUT2D eigenvalue weighted by molar-refractivity contribution is -0.138. The van der Waals surface area contributed by atoms with E-state index in [1.165, 1.54) is 11.3 Å². The van der Waals surface area contributed by atoms with Gasteiger partial charge in [0.15, 0.2) is 0 Å². The number of carbonyl (C=O) groups is 3. The third-order valence-electron chi connectivity index (χ3n) is 6.25. The first kappa shape index (κ1) is 22.5. The highest BCUT2D eigenvalue weighted by molar-refractivity contribution is 7.12. The average Bonchev–Trinajstić information content (AvgIpc) is 3.35. The van der Waals surface area contributed by atoms with Gasteiger partial charge in [0, 0.05) is 50.9 Å². The largest absolute Gasteiger partial charge is 0.340 e. The molecule has 0 radical (unpaired) electrons. The third-order valence-corrected chi connectivity index (χ3v) is 7.11. The van der Waals surface area contributed by atoms with Crippen molar-refractivity contribution in [1.82, 2.24) is 14.7 Å². The van der Waals surface area contributed by atoms with E-state index >= 15 is 0 Å². The quantitative estimate of drug-likeness (QED) is 0.754. The Hall–Kier alpha value is -2.71. The predicted octanol–water partition coefficient (Wildman–Crippen LogP) is 2.69. The molecule has 0 aliphatic carbocycles. The van der Waals surface area contributed by atoms with Gasteiger partial charge in [0.25, 0.3) is 5.91 Å². The third kappa shape index (κ3) is 5.55. The van der Waals surface area contributed by atoms with Crippen molar-refractivity contribution in [3.8, 4) is 0 Å². The molecule has 0 spiro atoms. The highest BCUT2D eigenvalue weighted by Crippen LogP contribution is 2.23. The van der Waals surface area contributed by atoms with Gasteiger partial charge in [-0.25, -0.2) is 0 Å². The lowest BCUT2D eigenvalue weighted by atomic mass is 9.95. The lowest BCUT2D eigenvalue weighted by Crippen LogP contribution is -2.53. The summed E-state index contributed by atoms with van der Waals surface area (Å²) in [6.45, 7) is 6.29. The van der Waals surface area contributed by atoms with E-state index in [9.17, 15) is 14.4 Å². The van der Waals surface area contributed by atoms with Gasteiger partial charge in [0.1, 0.15) is 0 Å². The molecule has 8 heteroatoms. The fraction of sp³-hybridized carbons (Fsp3) is 0.458. The van der Waals surface area contributed by atoms with Crippen LogP contribution < -0.4 is 5.32 Å². The minimum absolute atomic E-state index is 0.0150. The van der Waals surface area contributed by atoms with Crippen molar-refractivity contribution < 1.29 is 14.4 Å². The van der Waals surface area contributed by atoms with Crippen molar-refractivity contribution in [2.24, 2.45) is 5.92 Å². The maximum Gasteiger partial charge on any atom is 0.263 e. The number of piperazine rings is 1. The first-order valence-corrected chi connectivity index (χ1v) is 12.1. The zero-order chi connectivity index (χ0) is 22.5. The molecule has 2 aromatic rings. The SMILES string of the molecule is Cc1ccc(NC(=O)CN2CCN(C(=O)C3CCN(C(=O)c4cccs4)CC3)CC2)cc1. The van der Waals surface area contributed by atoms with Crippen LogP contribution in [0.3, 0.4) is 0 Å². The van der Waals surface area contributed by atoms with Crippen molar-refractivity contribution in [3.63, 3.8) is 0 Å². The van der Waals surface area contributed by atoms with Crippen LogP contribution in [0.1, 0.15) is 28.1 Å². The van der Waals surface area contributed by atoms with E-state index in [2.05, 4.69) is 10.2 Å². The number of hydrogen-bond acceptors (Lipinski definition) is 5. The molecule has 4 rings (SSSR count). The topological polar surface area (TPSA) is 73.0 Å². The summed E-state index contributed by atoms with van der Waals surface area (Å²) < 4.78 is 0. The maximum atomic E-state index is 13.0. The summed E-state index contributed by atoms with van der Waals surface area (Å²) >= 11 is 1.46. The Balaban J connectivity index is 1.19. The highest BCUT2D eigenvalue weighted by Gasteiger charge is 2.32. The summed E-state index contributed by atoms with van der Waals surface area (Å²) in [6.07, 6.45) is 1.43. The van der Waals surface area contributed by atoms with Crippen LogP contribution in [0, 0.1) is 12.8 Å². The van der Waals surface area contributed by atoms with Gasteiger partial charge in [0.2, 0.25) is 11.8 Å². The van der Waals surface area contributed by atoms with Gasteiger partial charge in [-0.05, 0) is 43.3 Å². The smallest absolute Gasteiger partial charge is 0.263 e. The van der Waals surface area contributed by atoms with Crippen molar-refractivity contribution in [3.05, 3.63) is 52.2 Å². The molecule has 170 valence electrons. The Bertz CT molecular complexity index is 929. The Morgan fingerprint density at radius 1 is 0.938 bits per heavy atom. The van der Waals surface area contributed by atoms with E-state index < -0.39 is 0 Å². The molecule has 7 nitrogen and oxygen atoms in total. The summed E-state index contributed by atoms with van der Waals surface area (Å²) in [7, 11) is 0. The summed E-state index contributed by atoms with van der Waals surface area (Å²) in [5.74, 6) is 0.218. The number of anilines is 1. The molecule has 2 fully saturated rings. The van der Waals surface area contributed by atoms with Crippen LogP contribution in [0.5, 0.6) is 0 Å². The Morgan fingerprint density at radius 2 is 1.62 bits per heavy atom. The molecule has 1 aromatic heterocycles. The second kappa shape index (κ2) is 10.3. The van der Waals surface area contributed by atoms with Crippen molar-refractivity contribution in [1.29, 1.82) is 0 Å². The molecule has 0 saturated carbocycles. The summed E-state index contributed by atoms with van der Waals surface area (Å²) in [5.41, 5.74) is 1.96. The molecule has 3 amide bonds. The van der Waals surface area contributed by atoms with E-state index in [0.717, 1.165) is 29.0 Å². The molecule has 1 N–H and O–H groups in total.